The van der Waals surface area contributed by atoms with E-state index >= 15 is 0 Å². The number of benzene rings is 1. The molecule has 0 unspecified atom stereocenters. The van der Waals surface area contributed by atoms with Crippen molar-refractivity contribution in [2.24, 2.45) is 0 Å². The van der Waals surface area contributed by atoms with Gasteiger partial charge in [0.25, 0.3) is 0 Å². The highest BCUT2D eigenvalue weighted by atomic mass is 32.2. The van der Waals surface area contributed by atoms with E-state index in [2.05, 4.69) is 34.2 Å². The van der Waals surface area contributed by atoms with Crippen molar-refractivity contribution >= 4 is 23.4 Å². The van der Waals surface area contributed by atoms with Crippen molar-refractivity contribution in [1.29, 1.82) is 0 Å². The lowest BCUT2D eigenvalue weighted by Gasteiger charge is -2.03. The monoisotopic (exact) mass is 260 g/mol. The summed E-state index contributed by atoms with van der Waals surface area (Å²) in [5.74, 6) is 1.80. The first kappa shape index (κ1) is 12.7. The summed E-state index contributed by atoms with van der Waals surface area (Å²) in [4.78, 5) is 8.26. The van der Waals surface area contributed by atoms with Crippen LogP contribution in [0.25, 0.3) is 0 Å². The van der Waals surface area contributed by atoms with Crippen LogP contribution in [0.2, 0.25) is 0 Å². The molecule has 1 heterocycles. The van der Waals surface area contributed by atoms with Crippen LogP contribution in [0.1, 0.15) is 12.0 Å². The molecule has 4 nitrogen and oxygen atoms in total. The molecule has 4 N–H and O–H groups in total. The topological polar surface area (TPSA) is 77.8 Å². The Labute approximate surface area is 111 Å². The van der Waals surface area contributed by atoms with Gasteiger partial charge < -0.3 is 11.5 Å². The van der Waals surface area contributed by atoms with E-state index in [1.54, 1.807) is 17.8 Å². The van der Waals surface area contributed by atoms with E-state index in [0.29, 0.717) is 16.8 Å². The number of hydrogen-bond acceptors (Lipinski definition) is 5. The smallest absolute Gasteiger partial charge is 0.191 e. The molecule has 0 atom stereocenters. The zero-order valence-electron chi connectivity index (χ0n) is 10.0. The van der Waals surface area contributed by atoms with Gasteiger partial charge in [0.1, 0.15) is 11.6 Å². The van der Waals surface area contributed by atoms with Crippen LogP contribution >= 0.6 is 11.8 Å². The number of nitrogens with zero attached hydrogens (tertiary/aromatic N) is 2. The Hall–Kier alpha value is -1.75. The van der Waals surface area contributed by atoms with Crippen LogP contribution in [0.15, 0.2) is 41.6 Å². The van der Waals surface area contributed by atoms with Crippen molar-refractivity contribution in [2.75, 3.05) is 17.2 Å². The van der Waals surface area contributed by atoms with E-state index in [9.17, 15) is 0 Å². The Morgan fingerprint density at radius 1 is 1.00 bits per heavy atom. The third-order valence-corrected chi connectivity index (χ3v) is 3.36. The number of nitrogen functional groups attached to an aromatic ring is 2. The molecular formula is C13H16N4S. The van der Waals surface area contributed by atoms with Crippen molar-refractivity contribution in [3.05, 3.63) is 42.0 Å². The average Bonchev–Trinajstić information content (AvgIpc) is 2.35. The highest BCUT2D eigenvalue weighted by molar-refractivity contribution is 7.99. The van der Waals surface area contributed by atoms with Crippen molar-refractivity contribution in [1.82, 2.24) is 9.97 Å². The number of aromatic nitrogens is 2. The van der Waals surface area contributed by atoms with Crippen molar-refractivity contribution in [3.63, 3.8) is 0 Å². The summed E-state index contributed by atoms with van der Waals surface area (Å²) in [7, 11) is 0. The summed E-state index contributed by atoms with van der Waals surface area (Å²) >= 11 is 1.59. The van der Waals surface area contributed by atoms with Crippen LogP contribution in [-0.2, 0) is 6.42 Å². The summed E-state index contributed by atoms with van der Waals surface area (Å²) in [6, 6.07) is 12.0. The van der Waals surface area contributed by atoms with Gasteiger partial charge in [-0.2, -0.15) is 0 Å². The molecule has 0 aliphatic carbocycles. The molecule has 0 fully saturated rings. The third kappa shape index (κ3) is 3.92. The fourth-order valence-corrected chi connectivity index (χ4v) is 2.42. The van der Waals surface area contributed by atoms with E-state index in [1.165, 1.54) is 5.56 Å². The van der Waals surface area contributed by atoms with Crippen LogP contribution in [0, 0.1) is 0 Å². The standard InChI is InChI=1S/C13H16N4S/c14-11-9-12(15)17-13(16-11)18-8-4-7-10-5-2-1-3-6-10/h1-3,5-6,9H,4,7-8H2,(H4,14,15,16,17). The minimum atomic E-state index is 0.424. The molecule has 18 heavy (non-hydrogen) atoms. The molecule has 2 aromatic rings. The van der Waals surface area contributed by atoms with Gasteiger partial charge in [-0.3, -0.25) is 0 Å². The molecule has 0 saturated carbocycles. The third-order valence-electron chi connectivity index (χ3n) is 2.43. The van der Waals surface area contributed by atoms with Crippen LogP contribution in [0.5, 0.6) is 0 Å². The van der Waals surface area contributed by atoms with Gasteiger partial charge in [0.15, 0.2) is 5.16 Å². The lowest BCUT2D eigenvalue weighted by atomic mass is 10.1. The number of anilines is 2. The summed E-state index contributed by atoms with van der Waals surface area (Å²) < 4.78 is 0. The number of hydrogen-bond donors (Lipinski definition) is 2. The van der Waals surface area contributed by atoms with E-state index < -0.39 is 0 Å². The fraction of sp³-hybridized carbons (Fsp3) is 0.231. The maximum atomic E-state index is 5.61. The minimum absolute atomic E-state index is 0.424. The van der Waals surface area contributed by atoms with Crippen molar-refractivity contribution in [2.45, 2.75) is 18.0 Å². The normalized spacial score (nSPS) is 10.4. The summed E-state index contributed by atoms with van der Waals surface area (Å²) in [6.45, 7) is 0. The zero-order valence-corrected chi connectivity index (χ0v) is 10.9. The second kappa shape index (κ2) is 6.26. The highest BCUT2D eigenvalue weighted by Crippen LogP contribution is 2.18. The maximum absolute atomic E-state index is 5.61. The highest BCUT2D eigenvalue weighted by Gasteiger charge is 2.01. The molecule has 1 aromatic heterocycles. The molecular weight excluding hydrogens is 244 g/mol. The van der Waals surface area contributed by atoms with Crippen LogP contribution in [0.4, 0.5) is 11.6 Å². The van der Waals surface area contributed by atoms with E-state index in [-0.39, 0.29) is 0 Å². The number of thioether (sulfide) groups is 1. The Morgan fingerprint density at radius 3 is 2.33 bits per heavy atom. The van der Waals surface area contributed by atoms with Gasteiger partial charge in [-0.05, 0) is 18.4 Å². The predicted octanol–water partition coefficient (Wildman–Crippen LogP) is 2.37. The SMILES string of the molecule is Nc1cc(N)nc(SCCCc2ccccc2)n1. The summed E-state index contributed by atoms with van der Waals surface area (Å²) in [5.41, 5.74) is 12.6. The molecule has 0 saturated heterocycles. The largest absolute Gasteiger partial charge is 0.383 e. The van der Waals surface area contributed by atoms with E-state index in [1.807, 2.05) is 6.07 Å². The zero-order chi connectivity index (χ0) is 12.8. The minimum Gasteiger partial charge on any atom is -0.383 e. The molecule has 2 rings (SSSR count). The number of aryl methyl sites for hydroxylation is 1. The van der Waals surface area contributed by atoms with Gasteiger partial charge in [-0.25, -0.2) is 9.97 Å². The maximum Gasteiger partial charge on any atom is 0.191 e. The Bertz CT molecular complexity index is 481. The van der Waals surface area contributed by atoms with Gasteiger partial charge in [0.2, 0.25) is 0 Å². The molecule has 94 valence electrons. The first-order valence-electron chi connectivity index (χ1n) is 5.81. The summed E-state index contributed by atoms with van der Waals surface area (Å²) in [6.07, 6.45) is 2.14. The second-order valence-corrected chi connectivity index (χ2v) is 5.00. The van der Waals surface area contributed by atoms with Gasteiger partial charge >= 0.3 is 0 Å². The Kier molecular flexibility index (Phi) is 4.41. The quantitative estimate of drug-likeness (QED) is 0.490. The molecule has 0 radical (unpaired) electrons. The molecule has 1 aromatic carbocycles. The fourth-order valence-electron chi connectivity index (χ4n) is 1.61. The Balaban J connectivity index is 1.78. The van der Waals surface area contributed by atoms with Crippen LogP contribution in [0.3, 0.4) is 0 Å². The van der Waals surface area contributed by atoms with E-state index in [0.717, 1.165) is 18.6 Å². The lowest BCUT2D eigenvalue weighted by Crippen LogP contribution is -1.99. The van der Waals surface area contributed by atoms with Crippen molar-refractivity contribution < 1.29 is 0 Å². The van der Waals surface area contributed by atoms with Crippen molar-refractivity contribution in [3.8, 4) is 0 Å². The van der Waals surface area contributed by atoms with E-state index in [4.69, 9.17) is 11.5 Å². The van der Waals surface area contributed by atoms with Gasteiger partial charge in [-0.15, -0.1) is 0 Å². The second-order valence-electron chi connectivity index (χ2n) is 3.94. The molecule has 0 aliphatic heterocycles. The predicted molar refractivity (Wildman–Crippen MR) is 76.3 cm³/mol. The molecule has 0 amide bonds. The molecule has 0 spiro atoms. The lowest BCUT2D eigenvalue weighted by molar-refractivity contribution is 0.921. The average molecular weight is 260 g/mol. The first-order chi connectivity index (χ1) is 8.74. The first-order valence-corrected chi connectivity index (χ1v) is 6.79. The molecule has 0 bridgehead atoms. The van der Waals surface area contributed by atoms with Gasteiger partial charge in [0.05, 0.1) is 0 Å². The number of rotatable bonds is 5. The van der Waals surface area contributed by atoms with Gasteiger partial charge in [-0.1, -0.05) is 42.1 Å². The molecule has 5 heteroatoms. The van der Waals surface area contributed by atoms with Gasteiger partial charge in [0, 0.05) is 11.8 Å². The van der Waals surface area contributed by atoms with Crippen LogP contribution < -0.4 is 11.5 Å². The summed E-state index contributed by atoms with van der Waals surface area (Å²) in [5, 5.41) is 0.653. The number of nitrogens with two attached hydrogens (primary N) is 2. The molecule has 0 aliphatic rings. The Morgan fingerprint density at radius 2 is 1.67 bits per heavy atom. The van der Waals surface area contributed by atoms with Crippen LogP contribution in [-0.4, -0.2) is 15.7 Å².